The summed E-state index contributed by atoms with van der Waals surface area (Å²) in [4.78, 5) is 0. The van der Waals surface area contributed by atoms with E-state index in [4.69, 9.17) is 14.6 Å². The van der Waals surface area contributed by atoms with Crippen LogP contribution in [0.3, 0.4) is 0 Å². The third-order valence-corrected chi connectivity index (χ3v) is 14.4. The van der Waals surface area contributed by atoms with E-state index in [1.54, 1.807) is 0 Å². The van der Waals surface area contributed by atoms with Gasteiger partial charge in [-0.25, -0.2) is 0 Å². The van der Waals surface area contributed by atoms with Gasteiger partial charge in [0, 0.05) is 43.1 Å². The monoisotopic (exact) mass is 1050 g/mol. The fraction of sp³-hybridized carbons (Fsp3) is 0. The number of benzene rings is 12. The summed E-state index contributed by atoms with van der Waals surface area (Å²) in [5, 5.41) is 8.15. The van der Waals surface area contributed by atoms with Crippen LogP contribution in [0.1, 0.15) is 0 Å². The zero-order valence-electron chi connectivity index (χ0n) is 42.0. The van der Waals surface area contributed by atoms with E-state index in [2.05, 4.69) is 228 Å². The highest BCUT2D eigenvalue weighted by Gasteiger charge is 2.14. The van der Waals surface area contributed by atoms with Crippen LogP contribution in [-0.4, -0.2) is 0 Å². The molecule has 4 nitrogen and oxygen atoms in total. The Hall–Kier alpha value is -9.68. The normalized spacial score (nSPS) is 11.0. The van der Waals surface area contributed by atoms with Crippen LogP contribution < -0.4 is 11.1 Å². The Kier molecular flexibility index (Phi) is 13.8. The molecule has 77 heavy (non-hydrogen) atoms. The van der Waals surface area contributed by atoms with Crippen molar-refractivity contribution in [2.75, 3.05) is 11.1 Å². The van der Waals surface area contributed by atoms with Crippen molar-refractivity contribution in [1.82, 2.24) is 0 Å². The van der Waals surface area contributed by atoms with Crippen molar-refractivity contribution in [1.29, 1.82) is 0 Å². The van der Waals surface area contributed by atoms with Gasteiger partial charge in [-0.3, -0.25) is 0 Å². The lowest BCUT2D eigenvalue weighted by Gasteiger charge is -2.10. The molecule has 2 heterocycles. The molecule has 0 saturated heterocycles. The molecule has 14 rings (SSSR count). The minimum atomic E-state index is 0.776. The number of rotatable bonds is 8. The van der Waals surface area contributed by atoms with Crippen LogP contribution in [0.2, 0.25) is 0 Å². The third-order valence-electron chi connectivity index (χ3n) is 13.9. The first-order valence-electron chi connectivity index (χ1n) is 25.7. The predicted molar refractivity (Wildman–Crippen MR) is 328 cm³/mol. The second-order valence-electron chi connectivity index (χ2n) is 18.8. The fourth-order valence-corrected chi connectivity index (χ4v) is 10.2. The molecule has 0 radical (unpaired) electrons. The smallest absolute Gasteiger partial charge is 0.136 e. The van der Waals surface area contributed by atoms with E-state index in [1.165, 1.54) is 61.2 Å². The van der Waals surface area contributed by atoms with E-state index in [0.29, 0.717) is 0 Å². The van der Waals surface area contributed by atoms with E-state index < -0.39 is 0 Å². The molecular formula is C72H51BrN2O2. The molecule has 0 aliphatic heterocycles. The number of para-hydroxylation sites is 2. The van der Waals surface area contributed by atoms with Gasteiger partial charge in [0.05, 0.1) is 0 Å². The van der Waals surface area contributed by atoms with Crippen LogP contribution in [0.15, 0.2) is 304 Å². The fourth-order valence-electron chi connectivity index (χ4n) is 9.95. The molecule has 14 aromatic rings. The highest BCUT2D eigenvalue weighted by Crippen LogP contribution is 2.39. The third kappa shape index (κ3) is 10.7. The van der Waals surface area contributed by atoms with E-state index in [1.807, 2.05) is 84.9 Å². The lowest BCUT2D eigenvalue weighted by molar-refractivity contribution is 0.668. The van der Waals surface area contributed by atoms with Gasteiger partial charge < -0.3 is 19.9 Å². The van der Waals surface area contributed by atoms with Gasteiger partial charge in [0.1, 0.15) is 22.3 Å². The summed E-state index contributed by atoms with van der Waals surface area (Å²) in [5.74, 6) is 0. The van der Waals surface area contributed by atoms with Crippen LogP contribution in [-0.2, 0) is 0 Å². The van der Waals surface area contributed by atoms with Gasteiger partial charge in [-0.1, -0.05) is 234 Å². The first-order chi connectivity index (χ1) is 38.0. The molecule has 12 aromatic carbocycles. The van der Waals surface area contributed by atoms with Gasteiger partial charge in [-0.2, -0.15) is 0 Å². The SMILES string of the molecule is Brc1ccc(-c2ccc(-c3ccccc3)cc2)cc1.Nc1ccc(-c2cccc3oc4ccccc4c23)cc1.c1ccc(-c2ccc(-c3ccc(Nc4ccc(-c5cccc6oc7ccccc7c56)cc4)cc3)cc2)cc1. The second kappa shape index (κ2) is 22.0. The minimum absolute atomic E-state index is 0.776. The Bertz CT molecular complexity index is 4250. The molecular weight excluding hydrogens is 1000 g/mol. The Morgan fingerprint density at radius 1 is 0.260 bits per heavy atom. The number of furan rings is 2. The quantitative estimate of drug-likeness (QED) is 0.149. The van der Waals surface area contributed by atoms with Crippen molar-refractivity contribution in [2.24, 2.45) is 0 Å². The molecule has 0 fully saturated rings. The zero-order valence-corrected chi connectivity index (χ0v) is 43.6. The number of nitrogens with two attached hydrogens (primary N) is 1. The molecule has 0 amide bonds. The zero-order chi connectivity index (χ0) is 51.9. The molecule has 368 valence electrons. The van der Waals surface area contributed by atoms with Crippen molar-refractivity contribution in [3.05, 3.63) is 296 Å². The number of hydrogen-bond donors (Lipinski definition) is 2. The highest BCUT2D eigenvalue weighted by molar-refractivity contribution is 9.10. The summed E-state index contributed by atoms with van der Waals surface area (Å²) < 4.78 is 13.1. The van der Waals surface area contributed by atoms with Gasteiger partial charge in [-0.05, 0) is 140 Å². The Morgan fingerprint density at radius 2 is 0.558 bits per heavy atom. The van der Waals surface area contributed by atoms with Crippen molar-refractivity contribution in [3.8, 4) is 66.8 Å². The van der Waals surface area contributed by atoms with Crippen molar-refractivity contribution >= 4 is 76.9 Å². The maximum atomic E-state index is 6.07. The number of nitrogens with one attached hydrogen (secondary N) is 1. The van der Waals surface area contributed by atoms with Gasteiger partial charge in [0.15, 0.2) is 0 Å². The van der Waals surface area contributed by atoms with E-state index in [9.17, 15) is 0 Å². The maximum Gasteiger partial charge on any atom is 0.136 e. The first kappa shape index (κ1) is 48.3. The van der Waals surface area contributed by atoms with Crippen LogP contribution in [0.4, 0.5) is 17.1 Å². The van der Waals surface area contributed by atoms with Crippen molar-refractivity contribution in [2.45, 2.75) is 0 Å². The van der Waals surface area contributed by atoms with Crippen molar-refractivity contribution in [3.63, 3.8) is 0 Å². The number of fused-ring (bicyclic) bond motifs is 6. The topological polar surface area (TPSA) is 64.3 Å². The molecule has 0 unspecified atom stereocenters. The average Bonchev–Trinajstić information content (AvgIpc) is 4.17. The first-order valence-corrected chi connectivity index (χ1v) is 26.5. The molecule has 0 saturated carbocycles. The van der Waals surface area contributed by atoms with E-state index in [-0.39, 0.29) is 0 Å². The van der Waals surface area contributed by atoms with Gasteiger partial charge in [-0.15, -0.1) is 0 Å². The van der Waals surface area contributed by atoms with Gasteiger partial charge in [0.25, 0.3) is 0 Å². The summed E-state index contributed by atoms with van der Waals surface area (Å²) in [5.41, 5.74) is 26.9. The summed E-state index contributed by atoms with van der Waals surface area (Å²) in [6.45, 7) is 0. The Morgan fingerprint density at radius 3 is 0.961 bits per heavy atom. The summed E-state index contributed by atoms with van der Waals surface area (Å²) in [7, 11) is 0. The highest BCUT2D eigenvalue weighted by atomic mass is 79.9. The van der Waals surface area contributed by atoms with E-state index in [0.717, 1.165) is 71.0 Å². The number of halogens is 1. The van der Waals surface area contributed by atoms with Gasteiger partial charge >= 0.3 is 0 Å². The minimum Gasteiger partial charge on any atom is -0.456 e. The molecule has 0 bridgehead atoms. The van der Waals surface area contributed by atoms with Crippen molar-refractivity contribution < 1.29 is 8.83 Å². The molecule has 5 heteroatoms. The van der Waals surface area contributed by atoms with Crippen LogP contribution in [0, 0.1) is 0 Å². The molecule has 0 atom stereocenters. The van der Waals surface area contributed by atoms with E-state index >= 15 is 0 Å². The Balaban J connectivity index is 0.000000128. The molecule has 0 spiro atoms. The molecule has 0 aliphatic rings. The summed E-state index contributed by atoms with van der Waals surface area (Å²) >= 11 is 3.46. The standard InChI is InChI=1S/C36H25NO.C18H13Br.C18H13NO/c1-2-7-25(8-3-1)26-13-15-27(16-14-26)28-17-21-30(22-18-28)37-31-23-19-29(20-24-31)32-10-6-12-35-36(32)33-9-4-5-11-34(33)38-35;19-18-12-10-17(11-13-18)16-8-6-15(7-9-16)14-4-2-1-3-5-14;19-13-10-8-12(9-11-13)14-5-3-7-17-18(14)15-4-1-2-6-16(15)20-17/h1-24,37H;1-13H;1-11H,19H2. The van der Waals surface area contributed by atoms with Crippen LogP contribution in [0.5, 0.6) is 0 Å². The maximum absolute atomic E-state index is 6.07. The van der Waals surface area contributed by atoms with Crippen LogP contribution >= 0.6 is 15.9 Å². The molecule has 2 aromatic heterocycles. The number of anilines is 3. The Labute approximate surface area is 456 Å². The average molecular weight is 1060 g/mol. The number of hydrogen-bond acceptors (Lipinski definition) is 4. The second-order valence-corrected chi connectivity index (χ2v) is 19.8. The molecule has 0 aliphatic carbocycles. The van der Waals surface area contributed by atoms with Gasteiger partial charge in [0.2, 0.25) is 0 Å². The lowest BCUT2D eigenvalue weighted by atomic mass is 9.99. The predicted octanol–water partition coefficient (Wildman–Crippen LogP) is 20.9. The number of nitrogen functional groups attached to an aromatic ring is 1. The summed E-state index contributed by atoms with van der Waals surface area (Å²) in [6.07, 6.45) is 0. The molecule has 3 N–H and O–H groups in total. The summed E-state index contributed by atoms with van der Waals surface area (Å²) in [6, 6.07) is 101. The van der Waals surface area contributed by atoms with Crippen LogP contribution in [0.25, 0.3) is 111 Å². The largest absolute Gasteiger partial charge is 0.456 e. The lowest BCUT2D eigenvalue weighted by Crippen LogP contribution is -1.90.